The van der Waals surface area contributed by atoms with Crippen molar-refractivity contribution in [1.82, 2.24) is 0 Å². The molecule has 0 saturated heterocycles. The number of hydrogen-bond acceptors (Lipinski definition) is 2. The highest BCUT2D eigenvalue weighted by atomic mass is 79.9. The summed E-state index contributed by atoms with van der Waals surface area (Å²) < 4.78 is 25.9. The van der Waals surface area contributed by atoms with E-state index in [2.05, 4.69) is 21.2 Å². The minimum Gasteiger partial charge on any atom is -0.373 e. The SMILES string of the molecule is NC(=O)CNc1c(F)cc(F)cc1Br. The minimum absolute atomic E-state index is 0.0187. The van der Waals surface area contributed by atoms with Gasteiger partial charge in [0, 0.05) is 10.5 Å². The molecule has 3 N–H and O–H groups in total. The first-order valence-electron chi connectivity index (χ1n) is 3.67. The van der Waals surface area contributed by atoms with Crippen molar-refractivity contribution in [2.75, 3.05) is 11.9 Å². The molecule has 0 radical (unpaired) electrons. The Bertz CT molecular complexity index is 347. The highest BCUT2D eigenvalue weighted by Gasteiger charge is 2.09. The average molecular weight is 265 g/mol. The van der Waals surface area contributed by atoms with Crippen LogP contribution in [0.25, 0.3) is 0 Å². The third-order valence-electron chi connectivity index (χ3n) is 1.45. The zero-order valence-corrected chi connectivity index (χ0v) is 8.57. The molecule has 0 atom stereocenters. The summed E-state index contributed by atoms with van der Waals surface area (Å²) in [5.41, 5.74) is 4.88. The molecule has 0 spiro atoms. The van der Waals surface area contributed by atoms with E-state index in [0.29, 0.717) is 6.07 Å². The monoisotopic (exact) mass is 264 g/mol. The van der Waals surface area contributed by atoms with Gasteiger partial charge in [0.05, 0.1) is 12.2 Å². The Kier molecular flexibility index (Phi) is 3.40. The van der Waals surface area contributed by atoms with Crippen LogP contribution in [0.1, 0.15) is 0 Å². The third kappa shape index (κ3) is 2.66. The van der Waals surface area contributed by atoms with Crippen molar-refractivity contribution in [3.8, 4) is 0 Å². The lowest BCUT2D eigenvalue weighted by molar-refractivity contribution is -0.116. The van der Waals surface area contributed by atoms with Crippen LogP contribution in [0.5, 0.6) is 0 Å². The lowest BCUT2D eigenvalue weighted by Crippen LogP contribution is -2.22. The van der Waals surface area contributed by atoms with Crippen molar-refractivity contribution < 1.29 is 13.6 Å². The predicted octanol–water partition coefficient (Wildman–Crippen LogP) is 1.62. The number of halogens is 3. The summed E-state index contributed by atoms with van der Waals surface area (Å²) in [4.78, 5) is 10.4. The number of carbonyl (C=O) groups is 1. The van der Waals surface area contributed by atoms with Crippen LogP contribution in [0.2, 0.25) is 0 Å². The summed E-state index contributed by atoms with van der Waals surface area (Å²) in [6, 6.07) is 1.81. The van der Waals surface area contributed by atoms with Crippen molar-refractivity contribution >= 4 is 27.5 Å². The number of nitrogens with one attached hydrogen (secondary N) is 1. The molecule has 0 aromatic heterocycles. The highest BCUT2D eigenvalue weighted by Crippen LogP contribution is 2.26. The molecule has 3 nitrogen and oxygen atoms in total. The van der Waals surface area contributed by atoms with Crippen LogP contribution >= 0.6 is 15.9 Å². The number of anilines is 1. The van der Waals surface area contributed by atoms with E-state index < -0.39 is 17.5 Å². The smallest absolute Gasteiger partial charge is 0.236 e. The normalized spacial score (nSPS) is 9.93. The van der Waals surface area contributed by atoms with Crippen molar-refractivity contribution in [1.29, 1.82) is 0 Å². The molecule has 1 aromatic rings. The van der Waals surface area contributed by atoms with Crippen LogP contribution in [0.15, 0.2) is 16.6 Å². The van der Waals surface area contributed by atoms with Gasteiger partial charge in [-0.1, -0.05) is 0 Å². The summed E-state index contributed by atoms with van der Waals surface area (Å²) in [6.07, 6.45) is 0. The maximum atomic E-state index is 13.1. The number of rotatable bonds is 3. The maximum absolute atomic E-state index is 13.1. The molecule has 0 bridgehead atoms. The second kappa shape index (κ2) is 4.36. The van der Waals surface area contributed by atoms with E-state index in [1.54, 1.807) is 0 Å². The van der Waals surface area contributed by atoms with Gasteiger partial charge in [0.15, 0.2) is 0 Å². The summed E-state index contributed by atoms with van der Waals surface area (Å²) in [7, 11) is 0. The molecule has 0 aliphatic rings. The summed E-state index contributed by atoms with van der Waals surface area (Å²) in [5, 5.41) is 2.44. The zero-order chi connectivity index (χ0) is 10.7. The zero-order valence-electron chi connectivity index (χ0n) is 6.98. The van der Waals surface area contributed by atoms with E-state index in [1.165, 1.54) is 0 Å². The fraction of sp³-hybridized carbons (Fsp3) is 0.125. The standard InChI is InChI=1S/C8H7BrF2N2O/c9-5-1-4(10)2-6(11)8(5)13-3-7(12)14/h1-2,13H,3H2,(H2,12,14). The van der Waals surface area contributed by atoms with Crippen molar-refractivity contribution in [2.45, 2.75) is 0 Å². The molecule has 0 unspecified atom stereocenters. The van der Waals surface area contributed by atoms with Gasteiger partial charge in [-0.3, -0.25) is 4.79 Å². The largest absolute Gasteiger partial charge is 0.373 e. The van der Waals surface area contributed by atoms with Crippen LogP contribution in [-0.2, 0) is 4.79 Å². The molecule has 0 fully saturated rings. The maximum Gasteiger partial charge on any atom is 0.236 e. The molecule has 1 aromatic carbocycles. The van der Waals surface area contributed by atoms with E-state index in [0.717, 1.165) is 6.07 Å². The fourth-order valence-corrected chi connectivity index (χ4v) is 1.43. The Morgan fingerprint density at radius 1 is 1.50 bits per heavy atom. The summed E-state index contributed by atoms with van der Waals surface area (Å²) in [6.45, 7) is -0.207. The van der Waals surface area contributed by atoms with Gasteiger partial charge in [0.2, 0.25) is 5.91 Å². The number of amides is 1. The average Bonchev–Trinajstić information content (AvgIpc) is 2.01. The molecule has 0 aliphatic heterocycles. The van der Waals surface area contributed by atoms with Crippen LogP contribution in [-0.4, -0.2) is 12.5 Å². The third-order valence-corrected chi connectivity index (χ3v) is 2.07. The van der Waals surface area contributed by atoms with Crippen molar-refractivity contribution in [3.63, 3.8) is 0 Å². The van der Waals surface area contributed by atoms with Crippen LogP contribution in [0.4, 0.5) is 14.5 Å². The number of hydrogen-bond donors (Lipinski definition) is 2. The molecule has 76 valence electrons. The van der Waals surface area contributed by atoms with Crippen LogP contribution in [0, 0.1) is 11.6 Å². The lowest BCUT2D eigenvalue weighted by atomic mass is 10.3. The van der Waals surface area contributed by atoms with Crippen LogP contribution in [0.3, 0.4) is 0 Å². The molecule has 1 amide bonds. The summed E-state index contributed by atoms with van der Waals surface area (Å²) >= 11 is 2.95. The molecule has 14 heavy (non-hydrogen) atoms. The first-order chi connectivity index (χ1) is 6.50. The molecule has 6 heteroatoms. The minimum atomic E-state index is -0.780. The Morgan fingerprint density at radius 3 is 2.64 bits per heavy atom. The van der Waals surface area contributed by atoms with Crippen LogP contribution < -0.4 is 11.1 Å². The van der Waals surface area contributed by atoms with E-state index in [-0.39, 0.29) is 16.7 Å². The van der Waals surface area contributed by atoms with Gasteiger partial charge in [0.25, 0.3) is 0 Å². The van der Waals surface area contributed by atoms with E-state index in [4.69, 9.17) is 5.73 Å². The fourth-order valence-electron chi connectivity index (χ4n) is 0.887. The molecule has 1 rings (SSSR count). The van der Waals surface area contributed by atoms with Gasteiger partial charge >= 0.3 is 0 Å². The first kappa shape index (κ1) is 10.9. The molecule has 0 aliphatic carbocycles. The lowest BCUT2D eigenvalue weighted by Gasteiger charge is -2.07. The number of carbonyl (C=O) groups excluding carboxylic acids is 1. The number of primary amides is 1. The highest BCUT2D eigenvalue weighted by molar-refractivity contribution is 9.10. The van der Waals surface area contributed by atoms with Gasteiger partial charge in [-0.2, -0.15) is 0 Å². The van der Waals surface area contributed by atoms with E-state index >= 15 is 0 Å². The van der Waals surface area contributed by atoms with Crippen molar-refractivity contribution in [3.05, 3.63) is 28.2 Å². The van der Waals surface area contributed by atoms with Gasteiger partial charge < -0.3 is 11.1 Å². The van der Waals surface area contributed by atoms with E-state index in [9.17, 15) is 13.6 Å². The Balaban J connectivity index is 2.91. The second-order valence-corrected chi connectivity index (χ2v) is 3.42. The predicted molar refractivity (Wildman–Crippen MR) is 51.7 cm³/mol. The van der Waals surface area contributed by atoms with Gasteiger partial charge in [0.1, 0.15) is 11.6 Å². The topological polar surface area (TPSA) is 55.1 Å². The van der Waals surface area contributed by atoms with Gasteiger partial charge in [-0.05, 0) is 22.0 Å². The quantitative estimate of drug-likeness (QED) is 0.872. The summed E-state index contributed by atoms with van der Waals surface area (Å²) in [5.74, 6) is -2.10. The Hall–Kier alpha value is -1.17. The van der Waals surface area contributed by atoms with E-state index in [1.807, 2.05) is 0 Å². The van der Waals surface area contributed by atoms with Gasteiger partial charge in [-0.15, -0.1) is 0 Å². The molecule has 0 heterocycles. The van der Waals surface area contributed by atoms with Gasteiger partial charge in [-0.25, -0.2) is 8.78 Å². The Labute approximate surface area is 87.4 Å². The first-order valence-corrected chi connectivity index (χ1v) is 4.46. The molecular weight excluding hydrogens is 258 g/mol. The molecule has 0 saturated carbocycles. The second-order valence-electron chi connectivity index (χ2n) is 2.56. The number of benzene rings is 1. The number of nitrogens with two attached hydrogens (primary N) is 1. The van der Waals surface area contributed by atoms with Crippen molar-refractivity contribution in [2.24, 2.45) is 5.73 Å². The molecular formula is C8H7BrF2N2O. The Morgan fingerprint density at radius 2 is 2.14 bits per heavy atom.